The van der Waals surface area contributed by atoms with Gasteiger partial charge in [-0.1, -0.05) is 7.43 Å². The first-order chi connectivity index (χ1) is 2.41. The van der Waals surface area contributed by atoms with Crippen LogP contribution < -0.4 is 0 Å². The fourth-order valence-electron chi connectivity index (χ4n) is 0.204. The average Bonchev–Trinajstić information content (AvgIpc) is 1.41. The molecule has 1 nitrogen and oxygen atoms in total. The van der Waals surface area contributed by atoms with E-state index in [9.17, 15) is 0 Å². The summed E-state index contributed by atoms with van der Waals surface area (Å²) in [5.74, 6) is 0. The summed E-state index contributed by atoms with van der Waals surface area (Å²) in [6.45, 7) is 5.67. The molecule has 0 aromatic heterocycles. The highest BCUT2D eigenvalue weighted by molar-refractivity contribution is 4.07. The summed E-state index contributed by atoms with van der Waals surface area (Å²) in [4.78, 5) is 0. The van der Waals surface area contributed by atoms with Gasteiger partial charge >= 0.3 is 0 Å². The van der Waals surface area contributed by atoms with Gasteiger partial charge in [0.1, 0.15) is 0 Å². The zero-order valence-corrected chi connectivity index (χ0v) is 3.82. The predicted molar refractivity (Wildman–Crippen MR) is 28.9 cm³/mol. The van der Waals surface area contributed by atoms with Crippen LogP contribution in [0.3, 0.4) is 0 Å². The van der Waals surface area contributed by atoms with Gasteiger partial charge in [-0.3, -0.25) is 0 Å². The first-order valence-corrected chi connectivity index (χ1v) is 1.99. The Labute approximate surface area is 40.3 Å². The molecule has 0 aromatic rings. The van der Waals surface area contributed by atoms with Crippen LogP contribution in [0.2, 0.25) is 0 Å². The molecule has 0 bridgehead atoms. The van der Waals surface area contributed by atoms with Crippen LogP contribution in [-0.4, -0.2) is 13.2 Å². The van der Waals surface area contributed by atoms with Gasteiger partial charge in [-0.25, -0.2) is 0 Å². The molecular weight excluding hydrogens is 76.1 g/mol. The Morgan fingerprint density at radius 3 is 1.50 bits per heavy atom. The third kappa shape index (κ3) is 9.03. The summed E-state index contributed by atoms with van der Waals surface area (Å²) in [5.41, 5.74) is 0. The van der Waals surface area contributed by atoms with Crippen LogP contribution in [-0.2, 0) is 4.74 Å². The molecule has 0 amide bonds. The van der Waals surface area contributed by atoms with E-state index in [1.807, 2.05) is 13.8 Å². The Hall–Kier alpha value is -0.0400. The van der Waals surface area contributed by atoms with Crippen LogP contribution in [0, 0.1) is 0 Å². The highest BCUT2D eigenvalue weighted by Crippen LogP contribution is 1.64. The minimum Gasteiger partial charge on any atom is -0.382 e. The molecule has 0 fully saturated rings. The monoisotopic (exact) mass is 90.1 g/mol. The van der Waals surface area contributed by atoms with E-state index >= 15 is 0 Å². The van der Waals surface area contributed by atoms with Crippen molar-refractivity contribution in [3.63, 3.8) is 0 Å². The molecule has 0 saturated heterocycles. The van der Waals surface area contributed by atoms with Crippen molar-refractivity contribution in [1.82, 2.24) is 0 Å². The molecule has 0 saturated carbocycles. The second kappa shape index (κ2) is 8.88. The van der Waals surface area contributed by atoms with Gasteiger partial charge in [0.15, 0.2) is 0 Å². The summed E-state index contributed by atoms with van der Waals surface area (Å²) < 4.78 is 4.83. The lowest BCUT2D eigenvalue weighted by Crippen LogP contribution is -1.84. The fraction of sp³-hybridized carbons (Fsp3) is 1.00. The molecule has 0 rings (SSSR count). The lowest BCUT2D eigenvalue weighted by Gasteiger charge is -1.86. The third-order valence-electron chi connectivity index (χ3n) is 0.408. The molecule has 0 radical (unpaired) electrons. The van der Waals surface area contributed by atoms with Gasteiger partial charge in [-0.05, 0) is 13.8 Å². The molecule has 0 aliphatic carbocycles. The number of rotatable bonds is 2. The van der Waals surface area contributed by atoms with Crippen molar-refractivity contribution < 1.29 is 4.74 Å². The van der Waals surface area contributed by atoms with Crippen LogP contribution >= 0.6 is 0 Å². The Bertz CT molecular complexity index is 11.4. The smallest absolute Gasteiger partial charge is 0.0437 e. The van der Waals surface area contributed by atoms with E-state index in [1.165, 1.54) is 0 Å². The molecule has 0 spiro atoms. The van der Waals surface area contributed by atoms with E-state index < -0.39 is 0 Å². The third-order valence-corrected chi connectivity index (χ3v) is 0.408. The molecule has 0 unspecified atom stereocenters. The topological polar surface area (TPSA) is 9.23 Å². The van der Waals surface area contributed by atoms with Crippen molar-refractivity contribution in [2.24, 2.45) is 0 Å². The molecule has 0 atom stereocenters. The Morgan fingerprint density at radius 1 is 1.17 bits per heavy atom. The molecule has 0 N–H and O–H groups in total. The first-order valence-electron chi connectivity index (χ1n) is 1.99. The van der Waals surface area contributed by atoms with Crippen molar-refractivity contribution in [1.29, 1.82) is 0 Å². The van der Waals surface area contributed by atoms with Crippen molar-refractivity contribution in [2.75, 3.05) is 13.2 Å². The summed E-state index contributed by atoms with van der Waals surface area (Å²) in [7, 11) is 0. The van der Waals surface area contributed by atoms with Crippen molar-refractivity contribution in [3.8, 4) is 0 Å². The normalized spacial score (nSPS) is 7.00. The Kier molecular flexibility index (Phi) is 13.8. The average molecular weight is 90.2 g/mol. The Balaban J connectivity index is 0. The second-order valence-electron chi connectivity index (χ2n) is 0.781. The predicted octanol–water partition coefficient (Wildman–Crippen LogP) is 1.68. The van der Waals surface area contributed by atoms with Crippen LogP contribution in [0.1, 0.15) is 21.3 Å². The fourth-order valence-corrected chi connectivity index (χ4v) is 0.204. The maximum atomic E-state index is 4.83. The molecule has 40 valence electrons. The SMILES string of the molecule is C.CCOCC. The summed E-state index contributed by atoms with van der Waals surface area (Å²) in [6.07, 6.45) is 0. The largest absolute Gasteiger partial charge is 0.382 e. The minimum absolute atomic E-state index is 0. The van der Waals surface area contributed by atoms with Gasteiger partial charge in [-0.2, -0.15) is 0 Å². The van der Waals surface area contributed by atoms with Crippen LogP contribution in [0.25, 0.3) is 0 Å². The summed E-state index contributed by atoms with van der Waals surface area (Å²) in [5, 5.41) is 0. The summed E-state index contributed by atoms with van der Waals surface area (Å²) >= 11 is 0. The molecule has 0 aliphatic rings. The van der Waals surface area contributed by atoms with Crippen molar-refractivity contribution in [3.05, 3.63) is 0 Å². The molecule has 6 heavy (non-hydrogen) atoms. The van der Waals surface area contributed by atoms with Crippen molar-refractivity contribution in [2.45, 2.75) is 21.3 Å². The zero-order valence-electron chi connectivity index (χ0n) is 3.82. The molecule has 0 aromatic carbocycles. The number of hydrogen-bond donors (Lipinski definition) is 0. The number of hydrogen-bond acceptors (Lipinski definition) is 1. The Morgan fingerprint density at radius 2 is 1.50 bits per heavy atom. The highest BCUT2D eigenvalue weighted by atomic mass is 16.5. The molecule has 1 heteroatoms. The minimum atomic E-state index is 0. The van der Waals surface area contributed by atoms with Crippen LogP contribution in [0.5, 0.6) is 0 Å². The van der Waals surface area contributed by atoms with E-state index in [2.05, 4.69) is 0 Å². The summed E-state index contributed by atoms with van der Waals surface area (Å²) in [6, 6.07) is 0. The standard InChI is InChI=1S/C4H10O.CH4/c1-3-5-4-2;/h3-4H2,1-2H3;1H4. The van der Waals surface area contributed by atoms with Crippen LogP contribution in [0.4, 0.5) is 0 Å². The van der Waals surface area contributed by atoms with E-state index in [4.69, 9.17) is 4.74 Å². The number of ether oxygens (including phenoxy) is 1. The lowest BCUT2D eigenvalue weighted by atomic mass is 10.8. The van der Waals surface area contributed by atoms with Crippen LogP contribution in [0.15, 0.2) is 0 Å². The maximum absolute atomic E-state index is 4.83. The van der Waals surface area contributed by atoms with E-state index in [0.717, 1.165) is 13.2 Å². The van der Waals surface area contributed by atoms with Gasteiger partial charge in [0.25, 0.3) is 0 Å². The van der Waals surface area contributed by atoms with Crippen molar-refractivity contribution >= 4 is 0 Å². The van der Waals surface area contributed by atoms with Gasteiger partial charge in [0.05, 0.1) is 0 Å². The van der Waals surface area contributed by atoms with E-state index in [0.29, 0.717) is 0 Å². The zero-order chi connectivity index (χ0) is 4.12. The van der Waals surface area contributed by atoms with E-state index in [-0.39, 0.29) is 7.43 Å². The molecule has 0 aliphatic heterocycles. The quantitative estimate of drug-likeness (QED) is 0.501. The lowest BCUT2D eigenvalue weighted by molar-refractivity contribution is 0.162. The second-order valence-corrected chi connectivity index (χ2v) is 0.781. The highest BCUT2D eigenvalue weighted by Gasteiger charge is 1.64. The molecular formula is C5H14O. The van der Waals surface area contributed by atoms with E-state index in [1.54, 1.807) is 0 Å². The first kappa shape index (κ1) is 9.35. The van der Waals surface area contributed by atoms with Gasteiger partial charge in [0.2, 0.25) is 0 Å². The maximum Gasteiger partial charge on any atom is 0.0437 e. The van der Waals surface area contributed by atoms with Gasteiger partial charge in [-0.15, -0.1) is 0 Å². The van der Waals surface area contributed by atoms with Gasteiger partial charge in [0, 0.05) is 13.2 Å². The molecule has 0 heterocycles. The van der Waals surface area contributed by atoms with Gasteiger partial charge < -0.3 is 4.74 Å².